The fourth-order valence-electron chi connectivity index (χ4n) is 2.79. The quantitative estimate of drug-likeness (QED) is 0.302. The maximum atomic E-state index is 12.1. The zero-order chi connectivity index (χ0) is 17.9. The van der Waals surface area contributed by atoms with Crippen LogP contribution in [0.25, 0.3) is 0 Å². The zero-order valence-corrected chi connectivity index (χ0v) is 15.5. The molecule has 3 N–H and O–H groups in total. The normalized spacial score (nSPS) is 14.6. The molecule has 0 spiro atoms. The van der Waals surface area contributed by atoms with E-state index in [4.69, 9.17) is 11.6 Å². The number of carbonyl (C=O) groups is 1. The molecule has 0 saturated heterocycles. The molecule has 0 bridgehead atoms. The molecule has 0 aromatic heterocycles. The summed E-state index contributed by atoms with van der Waals surface area (Å²) in [4.78, 5) is 16.3. The fraction of sp³-hybridized carbons (Fsp3) is 0.474. The number of allylic oxidation sites excluding steroid dienone is 1. The van der Waals surface area contributed by atoms with E-state index in [0.29, 0.717) is 23.7 Å². The second-order valence-electron chi connectivity index (χ2n) is 6.02. The van der Waals surface area contributed by atoms with Crippen LogP contribution in [0.4, 0.5) is 0 Å². The molecule has 136 valence electrons. The van der Waals surface area contributed by atoms with Gasteiger partial charge in [-0.1, -0.05) is 35.4 Å². The predicted octanol–water partition coefficient (Wildman–Crippen LogP) is 3.13. The lowest BCUT2D eigenvalue weighted by atomic mass is 9.97. The van der Waals surface area contributed by atoms with Crippen LogP contribution in [-0.2, 0) is 0 Å². The average Bonchev–Trinajstić information content (AvgIpc) is 2.64. The lowest BCUT2D eigenvalue weighted by molar-refractivity contribution is 0.0954. The number of hydrogen-bond donors (Lipinski definition) is 3. The largest absolute Gasteiger partial charge is 0.356 e. The number of nitrogens with zero attached hydrogens (tertiary/aromatic N) is 1. The number of hydrogen-bond acceptors (Lipinski definition) is 2. The van der Waals surface area contributed by atoms with Crippen molar-refractivity contribution in [3.05, 3.63) is 46.5 Å². The van der Waals surface area contributed by atoms with Crippen molar-refractivity contribution in [2.75, 3.05) is 26.7 Å². The minimum atomic E-state index is -0.167. The van der Waals surface area contributed by atoms with Crippen LogP contribution in [0.1, 0.15) is 42.5 Å². The molecule has 5 nitrogen and oxygen atoms in total. The standard InChI is InChI=1S/C19H27ClN4O/c1-21-19(23-12-11-15-7-3-2-4-8-15)24-14-13-22-18(25)16-9-5-6-10-17(16)20/h5-7,9-10H,2-4,8,11-14H2,1H3,(H,22,25)(H2,21,23,24). The molecule has 1 aliphatic rings. The summed E-state index contributed by atoms with van der Waals surface area (Å²) in [6, 6.07) is 7.03. The molecule has 0 aliphatic heterocycles. The number of aliphatic imine (C=N–C) groups is 1. The smallest absolute Gasteiger partial charge is 0.252 e. The van der Waals surface area contributed by atoms with Crippen LogP contribution in [0.5, 0.6) is 0 Å². The molecule has 0 heterocycles. The Bertz CT molecular complexity index is 628. The molecule has 2 rings (SSSR count). The molecule has 6 heteroatoms. The number of halogens is 1. The van der Waals surface area contributed by atoms with Gasteiger partial charge in [0.15, 0.2) is 5.96 Å². The van der Waals surface area contributed by atoms with Gasteiger partial charge in [-0.25, -0.2) is 0 Å². The van der Waals surface area contributed by atoms with Crippen LogP contribution in [0, 0.1) is 0 Å². The fourth-order valence-corrected chi connectivity index (χ4v) is 3.01. The van der Waals surface area contributed by atoms with E-state index in [9.17, 15) is 4.79 Å². The third kappa shape index (κ3) is 6.78. The Labute approximate surface area is 154 Å². The minimum Gasteiger partial charge on any atom is -0.356 e. The third-order valence-corrected chi connectivity index (χ3v) is 4.50. The highest BCUT2D eigenvalue weighted by Crippen LogP contribution is 2.19. The van der Waals surface area contributed by atoms with Crippen molar-refractivity contribution in [3.63, 3.8) is 0 Å². The first kappa shape index (κ1) is 19.3. The van der Waals surface area contributed by atoms with Gasteiger partial charge in [0.05, 0.1) is 10.6 Å². The van der Waals surface area contributed by atoms with Crippen molar-refractivity contribution in [1.82, 2.24) is 16.0 Å². The molecule has 1 aromatic rings. The molecular formula is C19H27ClN4O. The summed E-state index contributed by atoms with van der Waals surface area (Å²) in [6.07, 6.45) is 8.49. The van der Waals surface area contributed by atoms with Crippen molar-refractivity contribution in [1.29, 1.82) is 0 Å². The van der Waals surface area contributed by atoms with Gasteiger partial charge in [-0.15, -0.1) is 0 Å². The Morgan fingerprint density at radius 3 is 2.60 bits per heavy atom. The average molecular weight is 363 g/mol. The number of amides is 1. The first-order chi connectivity index (χ1) is 12.2. The lowest BCUT2D eigenvalue weighted by Crippen LogP contribution is -2.41. The van der Waals surface area contributed by atoms with Crippen LogP contribution in [0.15, 0.2) is 40.9 Å². The highest BCUT2D eigenvalue weighted by Gasteiger charge is 2.08. The van der Waals surface area contributed by atoms with Crippen LogP contribution >= 0.6 is 11.6 Å². The molecule has 1 amide bonds. The van der Waals surface area contributed by atoms with E-state index in [1.165, 1.54) is 25.7 Å². The lowest BCUT2D eigenvalue weighted by Gasteiger charge is -2.15. The zero-order valence-electron chi connectivity index (χ0n) is 14.8. The SMILES string of the molecule is CN=C(NCCNC(=O)c1ccccc1Cl)NCCC1=CCCCC1. The monoisotopic (exact) mass is 362 g/mol. The number of benzene rings is 1. The van der Waals surface area contributed by atoms with E-state index in [1.54, 1.807) is 36.9 Å². The Morgan fingerprint density at radius 2 is 1.88 bits per heavy atom. The molecule has 1 aromatic carbocycles. The van der Waals surface area contributed by atoms with Gasteiger partial charge < -0.3 is 16.0 Å². The Kier molecular flexibility index (Phi) is 8.32. The molecular weight excluding hydrogens is 336 g/mol. The second-order valence-corrected chi connectivity index (χ2v) is 6.43. The summed E-state index contributed by atoms with van der Waals surface area (Å²) in [7, 11) is 1.75. The third-order valence-electron chi connectivity index (χ3n) is 4.17. The summed E-state index contributed by atoms with van der Waals surface area (Å²) < 4.78 is 0. The summed E-state index contributed by atoms with van der Waals surface area (Å²) in [6.45, 7) is 1.96. The summed E-state index contributed by atoms with van der Waals surface area (Å²) in [5, 5.41) is 9.82. The van der Waals surface area contributed by atoms with Gasteiger partial charge in [0.25, 0.3) is 5.91 Å². The van der Waals surface area contributed by atoms with Gasteiger partial charge >= 0.3 is 0 Å². The molecule has 1 aliphatic carbocycles. The van der Waals surface area contributed by atoms with E-state index in [0.717, 1.165) is 18.9 Å². The van der Waals surface area contributed by atoms with Gasteiger partial charge in [0, 0.05) is 26.7 Å². The minimum absolute atomic E-state index is 0.167. The van der Waals surface area contributed by atoms with Crippen LogP contribution in [-0.4, -0.2) is 38.5 Å². The maximum Gasteiger partial charge on any atom is 0.252 e. The highest BCUT2D eigenvalue weighted by atomic mass is 35.5. The second kappa shape index (κ2) is 10.8. The van der Waals surface area contributed by atoms with Gasteiger partial charge in [0.2, 0.25) is 0 Å². The van der Waals surface area contributed by atoms with Gasteiger partial charge in [-0.05, 0) is 44.2 Å². The summed E-state index contributed by atoms with van der Waals surface area (Å²) in [5.41, 5.74) is 2.04. The van der Waals surface area contributed by atoms with Gasteiger partial charge in [-0.2, -0.15) is 0 Å². The van der Waals surface area contributed by atoms with Gasteiger partial charge in [-0.3, -0.25) is 9.79 Å². The van der Waals surface area contributed by atoms with E-state index in [1.807, 2.05) is 0 Å². The molecule has 0 saturated carbocycles. The van der Waals surface area contributed by atoms with E-state index >= 15 is 0 Å². The molecule has 0 radical (unpaired) electrons. The number of nitrogens with one attached hydrogen (secondary N) is 3. The van der Waals surface area contributed by atoms with Crippen molar-refractivity contribution >= 4 is 23.5 Å². The van der Waals surface area contributed by atoms with Crippen molar-refractivity contribution in [2.24, 2.45) is 4.99 Å². The number of carbonyl (C=O) groups excluding carboxylic acids is 1. The molecule has 0 atom stereocenters. The van der Waals surface area contributed by atoms with Crippen molar-refractivity contribution < 1.29 is 4.79 Å². The first-order valence-corrected chi connectivity index (χ1v) is 9.23. The van der Waals surface area contributed by atoms with Gasteiger partial charge in [0.1, 0.15) is 0 Å². The molecule has 0 unspecified atom stereocenters. The van der Waals surface area contributed by atoms with Crippen molar-refractivity contribution in [2.45, 2.75) is 32.1 Å². The Morgan fingerprint density at radius 1 is 1.12 bits per heavy atom. The van der Waals surface area contributed by atoms with Crippen molar-refractivity contribution in [3.8, 4) is 0 Å². The number of guanidine groups is 1. The Hall–Kier alpha value is -2.01. The van der Waals surface area contributed by atoms with E-state index in [2.05, 4.69) is 27.0 Å². The molecule has 0 fully saturated rings. The summed E-state index contributed by atoms with van der Waals surface area (Å²) in [5.74, 6) is 0.586. The Balaban J connectivity index is 1.63. The highest BCUT2D eigenvalue weighted by molar-refractivity contribution is 6.33. The van der Waals surface area contributed by atoms with E-state index < -0.39 is 0 Å². The van der Waals surface area contributed by atoms with Crippen LogP contribution < -0.4 is 16.0 Å². The number of rotatable bonds is 7. The predicted molar refractivity (Wildman–Crippen MR) is 104 cm³/mol. The first-order valence-electron chi connectivity index (χ1n) is 8.86. The molecule has 25 heavy (non-hydrogen) atoms. The summed E-state index contributed by atoms with van der Waals surface area (Å²) >= 11 is 6.02. The maximum absolute atomic E-state index is 12.1. The van der Waals surface area contributed by atoms with Crippen LogP contribution in [0.3, 0.4) is 0 Å². The van der Waals surface area contributed by atoms with E-state index in [-0.39, 0.29) is 5.91 Å². The van der Waals surface area contributed by atoms with Crippen LogP contribution in [0.2, 0.25) is 5.02 Å². The topological polar surface area (TPSA) is 65.5 Å².